The third kappa shape index (κ3) is 6.48. The minimum Gasteiger partial charge on any atom is -0.482 e. The second-order valence-corrected chi connectivity index (χ2v) is 9.70. The molecule has 29 heavy (non-hydrogen) atoms. The Morgan fingerprint density at radius 1 is 1.10 bits per heavy atom. The summed E-state index contributed by atoms with van der Waals surface area (Å²) >= 11 is 1.56. The van der Waals surface area contributed by atoms with Gasteiger partial charge in [-0.2, -0.15) is 4.31 Å². The number of hydrogen-bond acceptors (Lipinski definition) is 5. The second-order valence-electron chi connectivity index (χ2n) is 6.63. The van der Waals surface area contributed by atoms with E-state index in [0.717, 1.165) is 22.4 Å². The van der Waals surface area contributed by atoms with Crippen LogP contribution < -0.4 is 4.74 Å². The van der Waals surface area contributed by atoms with Gasteiger partial charge in [-0.15, -0.1) is 11.8 Å². The van der Waals surface area contributed by atoms with Crippen LogP contribution >= 0.6 is 11.8 Å². The summed E-state index contributed by atoms with van der Waals surface area (Å²) < 4.78 is 32.9. The van der Waals surface area contributed by atoms with E-state index in [0.29, 0.717) is 29.5 Å². The van der Waals surface area contributed by atoms with Crippen LogP contribution in [0.1, 0.15) is 24.5 Å². The van der Waals surface area contributed by atoms with Gasteiger partial charge in [0.1, 0.15) is 5.75 Å². The summed E-state index contributed by atoms with van der Waals surface area (Å²) in [6.45, 7) is 6.13. The molecule has 2 rings (SSSR count). The molecule has 0 fully saturated rings. The standard InChI is InChI=1S/C21H27NO5S2/c1-4-11-22(29(25,26)20-8-6-5-7-16(20)2)12-13-28-18-9-10-19(17(3)14-18)27-15-21(23)24/h5-10,14H,4,11-13,15H2,1-3H3,(H,23,24). The fourth-order valence-corrected chi connectivity index (χ4v) is 5.71. The summed E-state index contributed by atoms with van der Waals surface area (Å²) in [4.78, 5) is 12.0. The van der Waals surface area contributed by atoms with Gasteiger partial charge < -0.3 is 9.84 Å². The van der Waals surface area contributed by atoms with Crippen molar-refractivity contribution in [2.24, 2.45) is 0 Å². The van der Waals surface area contributed by atoms with Gasteiger partial charge in [0.2, 0.25) is 10.0 Å². The molecular weight excluding hydrogens is 410 g/mol. The second kappa shape index (κ2) is 10.7. The number of nitrogens with zero attached hydrogens (tertiary/aromatic N) is 1. The van der Waals surface area contributed by atoms with E-state index >= 15 is 0 Å². The number of carboxylic acids is 1. The quantitative estimate of drug-likeness (QED) is 0.536. The molecule has 0 bridgehead atoms. The number of carboxylic acid groups (broad SMARTS) is 1. The van der Waals surface area contributed by atoms with Crippen LogP contribution in [0.4, 0.5) is 0 Å². The molecule has 8 heteroatoms. The molecular formula is C21H27NO5S2. The minimum absolute atomic E-state index is 0.356. The Balaban J connectivity index is 2.03. The van der Waals surface area contributed by atoms with E-state index in [9.17, 15) is 13.2 Å². The number of aliphatic carboxylic acids is 1. The highest BCUT2D eigenvalue weighted by molar-refractivity contribution is 7.99. The Labute approximate surface area is 176 Å². The molecule has 0 heterocycles. The van der Waals surface area contributed by atoms with Crippen LogP contribution in [0.25, 0.3) is 0 Å². The van der Waals surface area contributed by atoms with E-state index < -0.39 is 16.0 Å². The van der Waals surface area contributed by atoms with Gasteiger partial charge in [0, 0.05) is 23.7 Å². The zero-order valence-electron chi connectivity index (χ0n) is 16.9. The Kier molecular flexibility index (Phi) is 8.55. The molecule has 0 atom stereocenters. The maximum atomic E-state index is 13.1. The summed E-state index contributed by atoms with van der Waals surface area (Å²) in [7, 11) is -3.53. The number of aryl methyl sites for hydroxylation is 2. The molecule has 0 amide bonds. The van der Waals surface area contributed by atoms with Crippen molar-refractivity contribution in [3.63, 3.8) is 0 Å². The monoisotopic (exact) mass is 437 g/mol. The molecule has 0 unspecified atom stereocenters. The summed E-state index contributed by atoms with van der Waals surface area (Å²) in [5, 5.41) is 8.71. The maximum Gasteiger partial charge on any atom is 0.341 e. The van der Waals surface area contributed by atoms with Crippen molar-refractivity contribution in [1.29, 1.82) is 0 Å². The predicted molar refractivity (Wildman–Crippen MR) is 115 cm³/mol. The molecule has 2 aromatic carbocycles. The first-order valence-electron chi connectivity index (χ1n) is 9.39. The Bertz CT molecular complexity index is 944. The van der Waals surface area contributed by atoms with Gasteiger partial charge in [-0.25, -0.2) is 13.2 Å². The smallest absolute Gasteiger partial charge is 0.341 e. The highest BCUT2D eigenvalue weighted by Gasteiger charge is 2.24. The van der Waals surface area contributed by atoms with Crippen LogP contribution in [0.2, 0.25) is 0 Å². The highest BCUT2D eigenvalue weighted by Crippen LogP contribution is 2.27. The van der Waals surface area contributed by atoms with Gasteiger partial charge in [-0.05, 0) is 55.7 Å². The largest absolute Gasteiger partial charge is 0.482 e. The molecule has 0 saturated heterocycles. The first kappa shape index (κ1) is 23.3. The minimum atomic E-state index is -3.53. The van der Waals surface area contributed by atoms with Gasteiger partial charge >= 0.3 is 5.97 Å². The first-order valence-corrected chi connectivity index (χ1v) is 11.8. The van der Waals surface area contributed by atoms with Gasteiger partial charge in [-0.3, -0.25) is 0 Å². The van der Waals surface area contributed by atoms with Crippen molar-refractivity contribution in [2.45, 2.75) is 37.0 Å². The van der Waals surface area contributed by atoms with E-state index in [1.807, 2.05) is 45.0 Å². The topological polar surface area (TPSA) is 83.9 Å². The number of carbonyl (C=O) groups is 1. The van der Waals surface area contributed by atoms with Gasteiger partial charge in [0.05, 0.1) is 4.90 Å². The van der Waals surface area contributed by atoms with Crippen molar-refractivity contribution < 1.29 is 23.1 Å². The van der Waals surface area contributed by atoms with Gasteiger partial charge in [0.15, 0.2) is 6.61 Å². The SMILES string of the molecule is CCCN(CCSc1ccc(OCC(=O)O)c(C)c1)S(=O)(=O)c1ccccc1C. The summed E-state index contributed by atoms with van der Waals surface area (Å²) in [6.07, 6.45) is 0.741. The van der Waals surface area contributed by atoms with Crippen molar-refractivity contribution in [1.82, 2.24) is 4.31 Å². The molecule has 2 aromatic rings. The summed E-state index contributed by atoms with van der Waals surface area (Å²) in [5.41, 5.74) is 1.59. The van der Waals surface area contributed by atoms with Crippen molar-refractivity contribution in [3.8, 4) is 5.75 Å². The van der Waals surface area contributed by atoms with Crippen LogP contribution in [0.15, 0.2) is 52.3 Å². The first-order chi connectivity index (χ1) is 13.8. The fourth-order valence-electron chi connectivity index (χ4n) is 2.86. The third-order valence-electron chi connectivity index (χ3n) is 4.29. The normalized spacial score (nSPS) is 11.6. The third-order valence-corrected chi connectivity index (χ3v) is 7.32. The van der Waals surface area contributed by atoms with Gasteiger partial charge in [0.25, 0.3) is 0 Å². The lowest BCUT2D eigenvalue weighted by Gasteiger charge is -2.22. The number of rotatable bonds is 11. The Hall–Kier alpha value is -2.03. The molecule has 0 aromatic heterocycles. The molecule has 1 N–H and O–H groups in total. The number of benzene rings is 2. The van der Waals surface area contributed by atoms with Crippen molar-refractivity contribution >= 4 is 27.8 Å². The number of thioether (sulfide) groups is 1. The molecule has 6 nitrogen and oxygen atoms in total. The van der Waals surface area contributed by atoms with E-state index in [-0.39, 0.29) is 6.61 Å². The molecule has 0 aliphatic carbocycles. The predicted octanol–water partition coefficient (Wildman–Crippen LogP) is 3.96. The number of hydrogen-bond donors (Lipinski definition) is 1. The number of sulfonamides is 1. The lowest BCUT2D eigenvalue weighted by molar-refractivity contribution is -0.139. The zero-order chi connectivity index (χ0) is 21.4. The average Bonchev–Trinajstić information content (AvgIpc) is 2.66. The Morgan fingerprint density at radius 3 is 2.45 bits per heavy atom. The molecule has 0 radical (unpaired) electrons. The summed E-state index contributed by atoms with van der Waals surface area (Å²) in [5.74, 6) is 0.125. The number of ether oxygens (including phenoxy) is 1. The maximum absolute atomic E-state index is 13.1. The van der Waals surface area contributed by atoms with E-state index in [1.54, 1.807) is 34.3 Å². The summed E-state index contributed by atoms with van der Waals surface area (Å²) in [6, 6.07) is 12.6. The molecule has 0 spiro atoms. The van der Waals surface area contributed by atoms with E-state index in [1.165, 1.54) is 0 Å². The average molecular weight is 438 g/mol. The lowest BCUT2D eigenvalue weighted by atomic mass is 10.2. The van der Waals surface area contributed by atoms with Gasteiger partial charge in [-0.1, -0.05) is 25.1 Å². The van der Waals surface area contributed by atoms with Crippen molar-refractivity contribution in [3.05, 3.63) is 53.6 Å². The molecule has 0 saturated carbocycles. The van der Waals surface area contributed by atoms with Crippen LogP contribution in [-0.2, 0) is 14.8 Å². The zero-order valence-corrected chi connectivity index (χ0v) is 18.6. The van der Waals surface area contributed by atoms with Crippen LogP contribution in [0.3, 0.4) is 0 Å². The fraction of sp³-hybridized carbons (Fsp3) is 0.381. The molecule has 0 aliphatic rings. The van der Waals surface area contributed by atoms with E-state index in [4.69, 9.17) is 9.84 Å². The highest BCUT2D eigenvalue weighted by atomic mass is 32.2. The Morgan fingerprint density at radius 2 is 1.83 bits per heavy atom. The van der Waals surface area contributed by atoms with Crippen LogP contribution in [0.5, 0.6) is 5.75 Å². The van der Waals surface area contributed by atoms with Crippen molar-refractivity contribution in [2.75, 3.05) is 25.4 Å². The van der Waals surface area contributed by atoms with Crippen LogP contribution in [-0.4, -0.2) is 49.2 Å². The lowest BCUT2D eigenvalue weighted by Crippen LogP contribution is -2.34. The van der Waals surface area contributed by atoms with Crippen LogP contribution in [0, 0.1) is 13.8 Å². The molecule has 0 aliphatic heterocycles. The molecule has 158 valence electrons. The van der Waals surface area contributed by atoms with E-state index in [2.05, 4.69) is 0 Å².